The molecule has 4 heteroatoms. The van der Waals surface area contributed by atoms with Crippen LogP contribution >= 0.6 is 0 Å². The third-order valence-corrected chi connectivity index (χ3v) is 2.65. The van der Waals surface area contributed by atoms with Crippen molar-refractivity contribution >= 4 is 0 Å². The van der Waals surface area contributed by atoms with Gasteiger partial charge in [0, 0.05) is 37.0 Å². The summed E-state index contributed by atoms with van der Waals surface area (Å²) in [7, 11) is 0. The van der Waals surface area contributed by atoms with Crippen LogP contribution in [0.4, 0.5) is 8.78 Å². The van der Waals surface area contributed by atoms with E-state index in [9.17, 15) is 8.78 Å². The number of nitrogens with zero attached hydrogens (tertiary/aromatic N) is 1. The van der Waals surface area contributed by atoms with E-state index >= 15 is 0 Å². The van der Waals surface area contributed by atoms with Crippen LogP contribution in [-0.2, 0) is 13.0 Å². The van der Waals surface area contributed by atoms with E-state index in [-0.39, 0.29) is 12.1 Å². The van der Waals surface area contributed by atoms with Crippen LogP contribution in [0.1, 0.15) is 11.3 Å². The fourth-order valence-electron chi connectivity index (χ4n) is 1.68. The second-order valence-corrected chi connectivity index (χ2v) is 3.95. The van der Waals surface area contributed by atoms with Crippen molar-refractivity contribution in [1.29, 1.82) is 0 Å². The molecule has 1 aromatic carbocycles. The molecule has 0 amide bonds. The van der Waals surface area contributed by atoms with Crippen molar-refractivity contribution in [2.45, 2.75) is 13.0 Å². The molecule has 2 rings (SSSR count). The van der Waals surface area contributed by atoms with Crippen molar-refractivity contribution in [3.63, 3.8) is 0 Å². The monoisotopic (exact) mass is 248 g/mol. The second kappa shape index (κ2) is 6.21. The lowest BCUT2D eigenvalue weighted by Gasteiger charge is -2.06. The highest BCUT2D eigenvalue weighted by molar-refractivity contribution is 5.19. The summed E-state index contributed by atoms with van der Waals surface area (Å²) >= 11 is 0. The van der Waals surface area contributed by atoms with Crippen molar-refractivity contribution in [3.05, 3.63) is 65.5 Å². The number of hydrogen-bond donors (Lipinski definition) is 1. The molecule has 0 aliphatic rings. The number of hydrogen-bond acceptors (Lipinski definition) is 2. The molecule has 0 aliphatic carbocycles. The molecule has 0 bridgehead atoms. The zero-order valence-corrected chi connectivity index (χ0v) is 9.87. The van der Waals surface area contributed by atoms with Gasteiger partial charge in [-0.25, -0.2) is 8.78 Å². The van der Waals surface area contributed by atoms with Gasteiger partial charge in [-0.3, -0.25) is 4.98 Å². The van der Waals surface area contributed by atoms with Crippen LogP contribution in [0.15, 0.2) is 42.6 Å². The first-order chi connectivity index (χ1) is 8.77. The molecule has 0 spiro atoms. The van der Waals surface area contributed by atoms with E-state index in [0.717, 1.165) is 12.1 Å². The van der Waals surface area contributed by atoms with Crippen LogP contribution in [-0.4, -0.2) is 11.5 Å². The normalized spacial score (nSPS) is 10.6. The van der Waals surface area contributed by atoms with Crippen molar-refractivity contribution in [2.24, 2.45) is 0 Å². The Bertz CT molecular complexity index is 480. The van der Waals surface area contributed by atoms with Gasteiger partial charge in [0.1, 0.15) is 11.6 Å². The topological polar surface area (TPSA) is 24.9 Å². The molecule has 18 heavy (non-hydrogen) atoms. The van der Waals surface area contributed by atoms with Crippen molar-refractivity contribution in [3.8, 4) is 0 Å². The molecule has 0 unspecified atom stereocenters. The molecule has 2 nitrogen and oxygen atoms in total. The maximum absolute atomic E-state index is 13.3. The summed E-state index contributed by atoms with van der Waals surface area (Å²) < 4.78 is 26.6. The molecule has 1 N–H and O–H groups in total. The zero-order valence-electron chi connectivity index (χ0n) is 9.87. The third-order valence-electron chi connectivity index (χ3n) is 2.65. The van der Waals surface area contributed by atoms with Crippen LogP contribution < -0.4 is 5.32 Å². The van der Waals surface area contributed by atoms with Crippen LogP contribution in [0.5, 0.6) is 0 Å². The molecule has 2 aromatic rings. The van der Waals surface area contributed by atoms with E-state index in [4.69, 9.17) is 0 Å². The van der Waals surface area contributed by atoms with Gasteiger partial charge in [-0.15, -0.1) is 0 Å². The number of halogens is 2. The molecule has 0 atom stereocenters. The Kier molecular flexibility index (Phi) is 4.36. The van der Waals surface area contributed by atoms with Gasteiger partial charge in [-0.2, -0.15) is 0 Å². The summed E-state index contributed by atoms with van der Waals surface area (Å²) in [6.07, 6.45) is 2.46. The van der Waals surface area contributed by atoms with Crippen LogP contribution in [0.25, 0.3) is 0 Å². The molecule has 0 radical (unpaired) electrons. The molecule has 1 aromatic heterocycles. The number of nitrogens with one attached hydrogen (secondary N) is 1. The lowest BCUT2D eigenvalue weighted by Crippen LogP contribution is -2.18. The van der Waals surface area contributed by atoms with E-state index in [1.165, 1.54) is 18.2 Å². The van der Waals surface area contributed by atoms with E-state index in [2.05, 4.69) is 10.3 Å². The Morgan fingerprint density at radius 1 is 1.00 bits per heavy atom. The highest BCUT2D eigenvalue weighted by atomic mass is 19.1. The molecule has 0 saturated heterocycles. The minimum Gasteiger partial charge on any atom is -0.312 e. The predicted octanol–water partition coefficient (Wildman–Crippen LogP) is 2.69. The van der Waals surface area contributed by atoms with Gasteiger partial charge >= 0.3 is 0 Å². The number of pyridine rings is 1. The maximum Gasteiger partial charge on any atom is 0.130 e. The Morgan fingerprint density at radius 2 is 1.78 bits per heavy atom. The van der Waals surface area contributed by atoms with Gasteiger partial charge in [0.05, 0.1) is 0 Å². The molecule has 94 valence electrons. The molecular formula is C14H14F2N2. The summed E-state index contributed by atoms with van der Waals surface area (Å²) in [5.41, 5.74) is 1.04. The lowest BCUT2D eigenvalue weighted by atomic mass is 10.2. The molecule has 0 saturated carbocycles. The zero-order chi connectivity index (χ0) is 12.8. The molecule has 0 aliphatic heterocycles. The van der Waals surface area contributed by atoms with Gasteiger partial charge in [-0.1, -0.05) is 12.1 Å². The minimum atomic E-state index is -0.514. The minimum absolute atomic E-state index is 0.0820. The maximum atomic E-state index is 13.3. The van der Waals surface area contributed by atoms with Crippen molar-refractivity contribution in [1.82, 2.24) is 10.3 Å². The first kappa shape index (κ1) is 12.6. The van der Waals surface area contributed by atoms with Crippen LogP contribution in [0.3, 0.4) is 0 Å². The summed E-state index contributed by atoms with van der Waals surface area (Å²) in [5.74, 6) is -1.03. The SMILES string of the molecule is Fc1cccc(F)c1CNCCc1ccccn1. The second-order valence-electron chi connectivity index (χ2n) is 3.95. The van der Waals surface area contributed by atoms with Gasteiger partial charge in [0.25, 0.3) is 0 Å². The van der Waals surface area contributed by atoms with Crippen molar-refractivity contribution in [2.75, 3.05) is 6.54 Å². The lowest BCUT2D eigenvalue weighted by molar-refractivity contribution is 0.536. The molecular weight excluding hydrogens is 234 g/mol. The van der Waals surface area contributed by atoms with E-state index in [1.54, 1.807) is 6.20 Å². The molecule has 0 fully saturated rings. The number of rotatable bonds is 5. The standard InChI is InChI=1S/C14H14F2N2/c15-13-5-3-6-14(16)12(13)10-17-9-7-11-4-1-2-8-18-11/h1-6,8,17H,7,9-10H2. The Balaban J connectivity index is 1.82. The number of benzene rings is 1. The summed E-state index contributed by atoms with van der Waals surface area (Å²) in [6.45, 7) is 0.816. The summed E-state index contributed by atoms with van der Waals surface area (Å²) in [4.78, 5) is 4.17. The Hall–Kier alpha value is -1.81. The van der Waals surface area contributed by atoms with E-state index < -0.39 is 11.6 Å². The predicted molar refractivity (Wildman–Crippen MR) is 66.0 cm³/mol. The van der Waals surface area contributed by atoms with Gasteiger partial charge in [-0.05, 0) is 24.3 Å². The fraction of sp³-hybridized carbons (Fsp3) is 0.214. The summed E-state index contributed by atoms with van der Waals surface area (Å²) in [6, 6.07) is 9.58. The van der Waals surface area contributed by atoms with Crippen LogP contribution in [0, 0.1) is 11.6 Å². The van der Waals surface area contributed by atoms with Crippen LogP contribution in [0.2, 0.25) is 0 Å². The largest absolute Gasteiger partial charge is 0.312 e. The third kappa shape index (κ3) is 3.34. The Labute approximate surface area is 105 Å². The highest BCUT2D eigenvalue weighted by Crippen LogP contribution is 2.11. The number of aromatic nitrogens is 1. The average molecular weight is 248 g/mol. The van der Waals surface area contributed by atoms with Crippen molar-refractivity contribution < 1.29 is 8.78 Å². The first-order valence-electron chi connectivity index (χ1n) is 5.81. The summed E-state index contributed by atoms with van der Waals surface area (Å²) in [5, 5.41) is 3.01. The van der Waals surface area contributed by atoms with E-state index in [0.29, 0.717) is 6.54 Å². The van der Waals surface area contributed by atoms with E-state index in [1.807, 2.05) is 18.2 Å². The smallest absolute Gasteiger partial charge is 0.130 e. The Morgan fingerprint density at radius 3 is 2.44 bits per heavy atom. The van der Waals surface area contributed by atoms with Gasteiger partial charge < -0.3 is 5.32 Å². The fourth-order valence-corrected chi connectivity index (χ4v) is 1.68. The average Bonchev–Trinajstić information content (AvgIpc) is 2.38. The highest BCUT2D eigenvalue weighted by Gasteiger charge is 2.07. The quantitative estimate of drug-likeness (QED) is 0.823. The first-order valence-corrected chi connectivity index (χ1v) is 5.81. The van der Waals surface area contributed by atoms with Gasteiger partial charge in [0.2, 0.25) is 0 Å². The van der Waals surface area contributed by atoms with Gasteiger partial charge in [0.15, 0.2) is 0 Å². The molecule has 1 heterocycles.